The normalized spacial score (nSPS) is 25.3. The maximum atomic E-state index is 13.5. The van der Waals surface area contributed by atoms with E-state index in [1.165, 1.54) is 16.8 Å². The Labute approximate surface area is 177 Å². The van der Waals surface area contributed by atoms with Gasteiger partial charge in [0.1, 0.15) is 11.8 Å². The van der Waals surface area contributed by atoms with Crippen molar-refractivity contribution < 1.29 is 22.7 Å². The van der Waals surface area contributed by atoms with Gasteiger partial charge >= 0.3 is 0 Å². The van der Waals surface area contributed by atoms with Crippen LogP contribution in [0.5, 0.6) is 5.75 Å². The van der Waals surface area contributed by atoms with Gasteiger partial charge in [-0.15, -0.1) is 0 Å². The number of carbonyl (C=O) groups excluding carboxylic acids is 2. The summed E-state index contributed by atoms with van der Waals surface area (Å²) < 4.78 is 33.9. The van der Waals surface area contributed by atoms with Crippen molar-refractivity contribution in [2.75, 3.05) is 11.9 Å². The maximum Gasteiger partial charge on any atom is 0.265 e. The fraction of sp³-hybridized carbons (Fsp3) is 0.619. The van der Waals surface area contributed by atoms with Gasteiger partial charge in [0.05, 0.1) is 10.6 Å². The molecule has 1 aliphatic carbocycles. The van der Waals surface area contributed by atoms with E-state index in [0.717, 1.165) is 25.7 Å². The highest BCUT2D eigenvalue weighted by Crippen LogP contribution is 2.37. The highest BCUT2D eigenvalue weighted by atomic mass is 32.2. The summed E-state index contributed by atoms with van der Waals surface area (Å²) in [5.74, 6) is -0.138. The van der Waals surface area contributed by atoms with Gasteiger partial charge in [-0.3, -0.25) is 9.59 Å². The fourth-order valence-electron chi connectivity index (χ4n) is 4.58. The molecule has 4 rings (SSSR count). The number of nitrogens with one attached hydrogen (secondary N) is 2. The lowest BCUT2D eigenvalue weighted by Crippen LogP contribution is -2.49. The van der Waals surface area contributed by atoms with Crippen LogP contribution in [0.4, 0.5) is 5.69 Å². The molecule has 3 aliphatic rings. The Balaban J connectivity index is 1.58. The zero-order chi connectivity index (χ0) is 21.5. The molecule has 2 aliphatic heterocycles. The Bertz CT molecular complexity index is 956. The minimum absolute atomic E-state index is 0.113. The number of carbonyl (C=O) groups is 2. The van der Waals surface area contributed by atoms with E-state index < -0.39 is 22.2 Å². The van der Waals surface area contributed by atoms with Gasteiger partial charge in [0.25, 0.3) is 5.91 Å². The van der Waals surface area contributed by atoms with E-state index in [1.54, 1.807) is 19.9 Å². The van der Waals surface area contributed by atoms with Crippen molar-refractivity contribution in [3.8, 4) is 5.75 Å². The quantitative estimate of drug-likeness (QED) is 0.755. The van der Waals surface area contributed by atoms with Gasteiger partial charge in [0.2, 0.25) is 15.9 Å². The zero-order valence-electron chi connectivity index (χ0n) is 17.4. The second-order valence-electron chi connectivity index (χ2n) is 8.48. The topological polar surface area (TPSA) is 105 Å². The number of benzene rings is 1. The molecular formula is C21H29N3O5S. The molecule has 2 amide bonds. The van der Waals surface area contributed by atoms with Gasteiger partial charge in [0, 0.05) is 18.7 Å². The second kappa shape index (κ2) is 8.19. The molecule has 1 saturated carbocycles. The lowest BCUT2D eigenvalue weighted by molar-refractivity contribution is -0.125. The molecule has 2 atom stereocenters. The lowest BCUT2D eigenvalue weighted by atomic mass is 9.95. The Hall–Kier alpha value is -2.13. The van der Waals surface area contributed by atoms with Gasteiger partial charge in [-0.2, -0.15) is 4.31 Å². The molecule has 164 valence electrons. The average Bonchev–Trinajstić information content (AvgIpc) is 3.20. The number of sulfonamides is 1. The number of hydrogen-bond donors (Lipinski definition) is 2. The SMILES string of the molecule is Cc1cc2c(cc1S(=O)(=O)N1CCC[C@H]1C(=O)NC1CCCCC1)O[C@H](C)C(=O)N2. The second-order valence-corrected chi connectivity index (χ2v) is 10.3. The fourth-order valence-corrected chi connectivity index (χ4v) is 6.46. The predicted octanol–water partition coefficient (Wildman–Crippen LogP) is 2.32. The summed E-state index contributed by atoms with van der Waals surface area (Å²) in [6, 6.07) is 2.52. The molecule has 8 nitrogen and oxygen atoms in total. The number of ether oxygens (including phenoxy) is 1. The van der Waals surface area contributed by atoms with E-state index in [1.807, 2.05) is 0 Å². The summed E-state index contributed by atoms with van der Waals surface area (Å²) in [6.07, 6.45) is 5.77. The van der Waals surface area contributed by atoms with E-state index >= 15 is 0 Å². The third kappa shape index (κ3) is 3.92. The van der Waals surface area contributed by atoms with E-state index in [2.05, 4.69) is 10.6 Å². The summed E-state index contributed by atoms with van der Waals surface area (Å²) in [5.41, 5.74) is 0.966. The van der Waals surface area contributed by atoms with Crippen LogP contribution in [-0.4, -0.2) is 49.3 Å². The van der Waals surface area contributed by atoms with Gasteiger partial charge in [-0.1, -0.05) is 19.3 Å². The van der Waals surface area contributed by atoms with Crippen LogP contribution in [-0.2, 0) is 19.6 Å². The predicted molar refractivity (Wildman–Crippen MR) is 112 cm³/mol. The zero-order valence-corrected chi connectivity index (χ0v) is 18.3. The smallest absolute Gasteiger partial charge is 0.265 e. The van der Waals surface area contributed by atoms with Crippen molar-refractivity contribution in [1.82, 2.24) is 9.62 Å². The molecule has 0 aromatic heterocycles. The van der Waals surface area contributed by atoms with Crippen LogP contribution in [0, 0.1) is 6.92 Å². The molecule has 2 N–H and O–H groups in total. The number of aryl methyl sites for hydroxylation is 1. The van der Waals surface area contributed by atoms with E-state index in [4.69, 9.17) is 4.74 Å². The number of hydrogen-bond acceptors (Lipinski definition) is 5. The van der Waals surface area contributed by atoms with Crippen LogP contribution >= 0.6 is 0 Å². The van der Waals surface area contributed by atoms with Gasteiger partial charge in [0.15, 0.2) is 6.10 Å². The molecule has 0 unspecified atom stereocenters. The molecule has 1 saturated heterocycles. The van der Waals surface area contributed by atoms with E-state index in [9.17, 15) is 18.0 Å². The molecular weight excluding hydrogens is 406 g/mol. The summed E-state index contributed by atoms with van der Waals surface area (Å²) >= 11 is 0. The molecule has 1 aromatic rings. The highest BCUT2D eigenvalue weighted by molar-refractivity contribution is 7.89. The van der Waals surface area contributed by atoms with Crippen molar-refractivity contribution in [3.05, 3.63) is 17.7 Å². The Morgan fingerprint density at radius 3 is 2.63 bits per heavy atom. The van der Waals surface area contributed by atoms with E-state index in [-0.39, 0.29) is 22.8 Å². The third-order valence-corrected chi connectivity index (χ3v) is 8.30. The monoisotopic (exact) mass is 435 g/mol. The molecule has 9 heteroatoms. The molecule has 2 heterocycles. The van der Waals surface area contributed by atoms with Crippen molar-refractivity contribution in [3.63, 3.8) is 0 Å². The lowest BCUT2D eigenvalue weighted by Gasteiger charge is -2.29. The first-order chi connectivity index (χ1) is 14.3. The van der Waals surface area contributed by atoms with Crippen LogP contribution in [0.2, 0.25) is 0 Å². The number of amides is 2. The van der Waals surface area contributed by atoms with Crippen LogP contribution in [0.25, 0.3) is 0 Å². The van der Waals surface area contributed by atoms with Crippen molar-refractivity contribution in [2.45, 2.75) is 81.9 Å². The van der Waals surface area contributed by atoms with Crippen LogP contribution in [0.1, 0.15) is 57.4 Å². The summed E-state index contributed by atoms with van der Waals surface area (Å²) in [4.78, 5) is 24.9. The largest absolute Gasteiger partial charge is 0.479 e. The van der Waals surface area contributed by atoms with E-state index in [0.29, 0.717) is 36.4 Å². The van der Waals surface area contributed by atoms with Crippen LogP contribution in [0.15, 0.2) is 17.0 Å². The third-order valence-electron chi connectivity index (χ3n) is 6.25. The molecule has 0 spiro atoms. The van der Waals surface area contributed by atoms with Gasteiger partial charge < -0.3 is 15.4 Å². The first-order valence-corrected chi connectivity index (χ1v) is 12.2. The molecule has 30 heavy (non-hydrogen) atoms. The number of rotatable bonds is 4. The Morgan fingerprint density at radius 2 is 1.90 bits per heavy atom. The minimum Gasteiger partial charge on any atom is -0.479 e. The van der Waals surface area contributed by atoms with Crippen LogP contribution in [0.3, 0.4) is 0 Å². The standard InChI is InChI=1S/C21H29N3O5S/c1-13-11-16-18(29-14(2)20(25)23-16)12-19(13)30(27,28)24-10-6-9-17(24)21(26)22-15-7-4-3-5-8-15/h11-12,14-15,17H,3-10H2,1-2H3,(H,22,26)(H,23,25)/t14-,17+/m1/s1. The average molecular weight is 436 g/mol. The Morgan fingerprint density at radius 1 is 1.17 bits per heavy atom. The molecule has 0 radical (unpaired) electrons. The molecule has 1 aromatic carbocycles. The Kier molecular flexibility index (Phi) is 5.76. The summed E-state index contributed by atoms with van der Waals surface area (Å²) in [7, 11) is -3.89. The maximum absolute atomic E-state index is 13.5. The van der Waals surface area contributed by atoms with Gasteiger partial charge in [-0.05, 0) is 51.2 Å². The van der Waals surface area contributed by atoms with Crippen molar-refractivity contribution >= 4 is 27.5 Å². The number of anilines is 1. The van der Waals surface area contributed by atoms with Crippen molar-refractivity contribution in [1.29, 1.82) is 0 Å². The first-order valence-electron chi connectivity index (χ1n) is 10.7. The highest BCUT2D eigenvalue weighted by Gasteiger charge is 2.41. The summed E-state index contributed by atoms with van der Waals surface area (Å²) in [5, 5.41) is 5.81. The van der Waals surface area contributed by atoms with Gasteiger partial charge in [-0.25, -0.2) is 8.42 Å². The first kappa shape index (κ1) is 21.1. The minimum atomic E-state index is -3.89. The molecule has 2 fully saturated rings. The summed E-state index contributed by atoms with van der Waals surface area (Å²) in [6.45, 7) is 3.61. The van der Waals surface area contributed by atoms with Crippen LogP contribution < -0.4 is 15.4 Å². The number of nitrogens with zero attached hydrogens (tertiary/aromatic N) is 1. The van der Waals surface area contributed by atoms with Crippen molar-refractivity contribution in [2.24, 2.45) is 0 Å². The number of fused-ring (bicyclic) bond motifs is 1. The molecule has 0 bridgehead atoms.